The van der Waals surface area contributed by atoms with Crippen molar-refractivity contribution in [1.29, 1.82) is 0 Å². The Labute approximate surface area is 213 Å². The van der Waals surface area contributed by atoms with Gasteiger partial charge in [0, 0.05) is 12.8 Å². The normalized spacial score (nSPS) is 11.5. The first kappa shape index (κ1) is 32.0. The monoisotopic (exact) mass is 455 g/mol. The van der Waals surface area contributed by atoms with Gasteiger partial charge in [0.2, 0.25) is 0 Å². The molecule has 174 valence electrons. The Morgan fingerprint density at radius 3 is 1.47 bits per heavy atom. The molecule has 0 spiro atoms. The third-order valence-electron chi connectivity index (χ3n) is 5.19. The van der Waals surface area contributed by atoms with Gasteiger partial charge in [-0.05, 0) is 12.8 Å². The van der Waals surface area contributed by atoms with Gasteiger partial charge in [0.25, 0.3) is 0 Å². The maximum atomic E-state index is 11.6. The minimum absolute atomic E-state index is 0. The van der Waals surface area contributed by atoms with E-state index in [1.54, 1.807) is 0 Å². The van der Waals surface area contributed by atoms with Crippen LogP contribution in [0.2, 0.25) is 0 Å². The van der Waals surface area contributed by atoms with Crippen LogP contribution < -0.4 is 5.73 Å². The first-order valence-corrected chi connectivity index (χ1v) is 11.7. The van der Waals surface area contributed by atoms with Crippen molar-refractivity contribution in [2.75, 3.05) is 0 Å². The molecule has 0 unspecified atom stereocenters. The number of ether oxygens (including phenoxy) is 1. The van der Waals surface area contributed by atoms with Gasteiger partial charge in [-0.3, -0.25) is 14.4 Å². The molecule has 30 heavy (non-hydrogen) atoms. The van der Waals surface area contributed by atoms with Crippen LogP contribution in [0.3, 0.4) is 0 Å². The fourth-order valence-corrected chi connectivity index (χ4v) is 3.27. The Morgan fingerprint density at radius 1 is 0.700 bits per heavy atom. The Hall–Kier alpha value is -0.170. The Kier molecular flexibility index (Phi) is 25.1. The maximum absolute atomic E-state index is 11.6. The van der Waals surface area contributed by atoms with Gasteiger partial charge in [0.15, 0.2) is 0 Å². The molecule has 0 rings (SSSR count). The SMILES string of the molecule is CCCCCCCCCCCCCCCCCC(=O)OC(=O)CC[C@H](N)C(=O)O.[CaH2]. The topological polar surface area (TPSA) is 107 Å². The van der Waals surface area contributed by atoms with E-state index in [9.17, 15) is 14.4 Å². The van der Waals surface area contributed by atoms with E-state index in [4.69, 9.17) is 10.8 Å². The third-order valence-corrected chi connectivity index (χ3v) is 5.19. The third kappa shape index (κ3) is 22.5. The van der Waals surface area contributed by atoms with Crippen LogP contribution in [-0.2, 0) is 19.1 Å². The van der Waals surface area contributed by atoms with Gasteiger partial charge in [0.05, 0.1) is 0 Å². The fourth-order valence-electron chi connectivity index (χ4n) is 3.27. The number of unbranched alkanes of at least 4 members (excludes halogenated alkanes) is 14. The average Bonchev–Trinajstić information content (AvgIpc) is 2.68. The Morgan fingerprint density at radius 2 is 1.07 bits per heavy atom. The summed E-state index contributed by atoms with van der Waals surface area (Å²) in [6, 6.07) is -1.10. The van der Waals surface area contributed by atoms with Crippen LogP contribution in [-0.4, -0.2) is 66.8 Å². The number of carboxylic acid groups (broad SMARTS) is 1. The van der Waals surface area contributed by atoms with Crippen molar-refractivity contribution >= 4 is 55.6 Å². The van der Waals surface area contributed by atoms with E-state index in [1.807, 2.05) is 0 Å². The van der Waals surface area contributed by atoms with Crippen molar-refractivity contribution in [2.45, 2.75) is 129 Å². The zero-order valence-corrected chi connectivity index (χ0v) is 18.5. The second-order valence-electron chi connectivity index (χ2n) is 8.03. The van der Waals surface area contributed by atoms with E-state index in [2.05, 4.69) is 11.7 Å². The molecule has 0 amide bonds. The predicted molar refractivity (Wildman–Crippen MR) is 124 cm³/mol. The first-order chi connectivity index (χ1) is 14.0. The van der Waals surface area contributed by atoms with Crippen LogP contribution in [0.5, 0.6) is 0 Å². The number of hydrogen-bond donors (Lipinski definition) is 2. The standard InChI is InChI=1S/C23H43NO5.Ca.2H/c1-2-3-4-5-6-7-8-9-10-11-12-13-14-15-16-17-21(25)29-22(26)19-18-20(24)23(27)28;;;/h20H,2-19,24H2,1H3,(H,27,28);;;/t20-;;;/m0.../s1. The van der Waals surface area contributed by atoms with Crippen molar-refractivity contribution in [2.24, 2.45) is 5.73 Å². The van der Waals surface area contributed by atoms with Crippen LogP contribution in [0, 0.1) is 0 Å². The van der Waals surface area contributed by atoms with Gasteiger partial charge < -0.3 is 15.6 Å². The van der Waals surface area contributed by atoms with E-state index in [0.717, 1.165) is 19.3 Å². The summed E-state index contributed by atoms with van der Waals surface area (Å²) in [5.74, 6) is -2.40. The average molecular weight is 456 g/mol. The Bertz CT molecular complexity index is 445. The summed E-state index contributed by atoms with van der Waals surface area (Å²) in [4.78, 5) is 33.6. The molecule has 0 aromatic heterocycles. The molecule has 1 atom stereocenters. The Balaban J connectivity index is 0. The summed E-state index contributed by atoms with van der Waals surface area (Å²) in [5.41, 5.74) is 5.30. The minimum atomic E-state index is -1.16. The van der Waals surface area contributed by atoms with Gasteiger partial charge >= 0.3 is 55.6 Å². The molecule has 0 aliphatic heterocycles. The van der Waals surface area contributed by atoms with Crippen molar-refractivity contribution in [3.05, 3.63) is 0 Å². The van der Waals surface area contributed by atoms with E-state index in [-0.39, 0.29) is 57.0 Å². The molecule has 0 aromatic carbocycles. The number of aliphatic carboxylic acids is 1. The van der Waals surface area contributed by atoms with E-state index in [1.165, 1.54) is 77.0 Å². The first-order valence-electron chi connectivity index (χ1n) is 11.7. The van der Waals surface area contributed by atoms with Crippen molar-refractivity contribution in [3.63, 3.8) is 0 Å². The second kappa shape index (κ2) is 23.5. The molecule has 0 aromatic rings. The summed E-state index contributed by atoms with van der Waals surface area (Å²) >= 11 is 0. The number of esters is 2. The molecule has 0 saturated carbocycles. The fraction of sp³-hybridized carbons (Fsp3) is 0.870. The molecule has 0 radical (unpaired) electrons. The summed E-state index contributed by atoms with van der Waals surface area (Å²) < 4.78 is 4.67. The van der Waals surface area contributed by atoms with Crippen molar-refractivity contribution in [3.8, 4) is 0 Å². The number of carbonyl (C=O) groups excluding carboxylic acids is 2. The van der Waals surface area contributed by atoms with Gasteiger partial charge in [-0.2, -0.15) is 0 Å². The number of carbonyl (C=O) groups is 3. The van der Waals surface area contributed by atoms with Gasteiger partial charge in [-0.15, -0.1) is 0 Å². The predicted octanol–water partition coefficient (Wildman–Crippen LogP) is 4.59. The molecule has 0 saturated heterocycles. The summed E-state index contributed by atoms with van der Waals surface area (Å²) in [5, 5.41) is 8.63. The second-order valence-corrected chi connectivity index (χ2v) is 8.03. The molecule has 3 N–H and O–H groups in total. The zero-order chi connectivity index (χ0) is 21.7. The molecule has 0 aliphatic carbocycles. The van der Waals surface area contributed by atoms with Crippen molar-refractivity contribution in [1.82, 2.24) is 0 Å². The van der Waals surface area contributed by atoms with Gasteiger partial charge in [-0.1, -0.05) is 96.8 Å². The molecule has 0 fully saturated rings. The van der Waals surface area contributed by atoms with Crippen LogP contribution in [0.15, 0.2) is 0 Å². The molecular formula is C23H45CaNO5. The number of rotatable bonds is 20. The van der Waals surface area contributed by atoms with E-state index in [0.29, 0.717) is 0 Å². The quantitative estimate of drug-likeness (QED) is 0.120. The molecular weight excluding hydrogens is 410 g/mol. The zero-order valence-electron chi connectivity index (χ0n) is 18.5. The summed E-state index contributed by atoms with van der Waals surface area (Å²) in [7, 11) is 0. The van der Waals surface area contributed by atoms with Crippen LogP contribution in [0.25, 0.3) is 0 Å². The van der Waals surface area contributed by atoms with Gasteiger partial charge in [0.1, 0.15) is 6.04 Å². The molecule has 7 heteroatoms. The molecule has 0 bridgehead atoms. The molecule has 0 aliphatic rings. The van der Waals surface area contributed by atoms with Crippen LogP contribution >= 0.6 is 0 Å². The van der Waals surface area contributed by atoms with Crippen LogP contribution in [0.4, 0.5) is 0 Å². The number of hydrogen-bond acceptors (Lipinski definition) is 5. The van der Waals surface area contributed by atoms with Gasteiger partial charge in [-0.25, -0.2) is 0 Å². The van der Waals surface area contributed by atoms with Crippen molar-refractivity contribution < 1.29 is 24.2 Å². The van der Waals surface area contributed by atoms with Crippen LogP contribution in [0.1, 0.15) is 122 Å². The number of carboxylic acids is 1. The van der Waals surface area contributed by atoms with E-state index < -0.39 is 23.9 Å². The summed E-state index contributed by atoms with van der Waals surface area (Å²) in [6.07, 6.45) is 18.9. The summed E-state index contributed by atoms with van der Waals surface area (Å²) in [6.45, 7) is 2.25. The molecule has 0 heterocycles. The molecule has 6 nitrogen and oxygen atoms in total. The van der Waals surface area contributed by atoms with E-state index >= 15 is 0 Å². The number of nitrogens with two attached hydrogens (primary N) is 1.